The Hall–Kier alpha value is -1.40. The van der Waals surface area contributed by atoms with Gasteiger partial charge in [0.15, 0.2) is 0 Å². The molecule has 2 aromatic rings. The Labute approximate surface area is 98.4 Å². The van der Waals surface area contributed by atoms with Gasteiger partial charge in [0.1, 0.15) is 0 Å². The highest BCUT2D eigenvalue weighted by molar-refractivity contribution is 9.10. The summed E-state index contributed by atoms with van der Waals surface area (Å²) in [4.78, 5) is 23.5. The number of H-pyrrole nitrogens is 1. The van der Waals surface area contributed by atoms with Crippen molar-refractivity contribution < 1.29 is 5.11 Å². The van der Waals surface area contributed by atoms with Crippen molar-refractivity contribution in [3.8, 4) is 0 Å². The monoisotopic (exact) mass is 284 g/mol. The molecule has 0 radical (unpaired) electrons. The first-order valence-corrected chi connectivity index (χ1v) is 5.46. The van der Waals surface area contributed by atoms with E-state index in [0.717, 1.165) is 9.15 Å². The molecule has 0 aliphatic rings. The van der Waals surface area contributed by atoms with Crippen LogP contribution in [0.3, 0.4) is 0 Å². The molecule has 0 atom stereocenters. The van der Waals surface area contributed by atoms with Crippen molar-refractivity contribution in [2.24, 2.45) is 0 Å². The zero-order valence-corrected chi connectivity index (χ0v) is 9.82. The van der Waals surface area contributed by atoms with E-state index < -0.39 is 0 Å². The van der Waals surface area contributed by atoms with Crippen LogP contribution < -0.4 is 11.1 Å². The second-order valence-corrected chi connectivity index (χ2v) is 4.23. The third-order valence-corrected chi connectivity index (χ3v) is 2.76. The van der Waals surface area contributed by atoms with E-state index in [9.17, 15) is 9.59 Å². The Bertz CT molecular complexity index is 645. The lowest BCUT2D eigenvalue weighted by molar-refractivity contribution is 0.266. The van der Waals surface area contributed by atoms with Gasteiger partial charge in [0.05, 0.1) is 23.9 Å². The molecule has 0 aliphatic heterocycles. The van der Waals surface area contributed by atoms with Crippen molar-refractivity contribution in [3.05, 3.63) is 43.4 Å². The largest absolute Gasteiger partial charge is 0.394 e. The Morgan fingerprint density at radius 3 is 2.75 bits per heavy atom. The normalized spacial score (nSPS) is 10.9. The predicted molar refractivity (Wildman–Crippen MR) is 63.6 cm³/mol. The molecule has 2 N–H and O–H groups in total. The van der Waals surface area contributed by atoms with Gasteiger partial charge in [-0.05, 0) is 18.2 Å². The van der Waals surface area contributed by atoms with Gasteiger partial charge >= 0.3 is 0 Å². The van der Waals surface area contributed by atoms with E-state index in [2.05, 4.69) is 21.0 Å². The number of aromatic amines is 1. The van der Waals surface area contributed by atoms with Crippen molar-refractivity contribution in [3.63, 3.8) is 0 Å². The van der Waals surface area contributed by atoms with Crippen LogP contribution in [0, 0.1) is 0 Å². The van der Waals surface area contributed by atoms with Gasteiger partial charge in [0.25, 0.3) is 11.1 Å². The van der Waals surface area contributed by atoms with Gasteiger partial charge in [-0.2, -0.15) is 0 Å². The van der Waals surface area contributed by atoms with Crippen LogP contribution in [0.25, 0.3) is 10.8 Å². The zero-order valence-electron chi connectivity index (χ0n) is 8.24. The van der Waals surface area contributed by atoms with E-state index in [1.165, 1.54) is 0 Å². The molecule has 1 aromatic carbocycles. The number of hydrogen-bond acceptors (Lipinski definition) is 3. The van der Waals surface area contributed by atoms with Crippen LogP contribution in [-0.2, 0) is 6.54 Å². The lowest BCUT2D eigenvalue weighted by Crippen LogP contribution is -2.30. The molecule has 0 spiro atoms. The van der Waals surface area contributed by atoms with Crippen LogP contribution >= 0.6 is 15.9 Å². The van der Waals surface area contributed by atoms with Crippen LogP contribution in [0.15, 0.2) is 32.3 Å². The average molecular weight is 285 g/mol. The summed E-state index contributed by atoms with van der Waals surface area (Å²) in [6, 6.07) is 4.89. The fraction of sp³-hybridized carbons (Fsp3) is 0.200. The summed E-state index contributed by atoms with van der Waals surface area (Å²) >= 11 is 3.24. The number of aliphatic hydroxyl groups excluding tert-OH is 1. The Balaban J connectivity index is 2.86. The molecular weight excluding hydrogens is 276 g/mol. The van der Waals surface area contributed by atoms with Crippen molar-refractivity contribution in [2.75, 3.05) is 6.61 Å². The number of aliphatic hydroxyl groups is 1. The SMILES string of the molecule is O=c1[nH]n(CCO)c(=O)c2cc(Br)ccc12. The van der Waals surface area contributed by atoms with Crippen LogP contribution in [0.5, 0.6) is 0 Å². The number of fused-ring (bicyclic) bond motifs is 1. The third kappa shape index (κ3) is 1.81. The number of nitrogens with zero attached hydrogens (tertiary/aromatic N) is 1. The second kappa shape index (κ2) is 4.23. The van der Waals surface area contributed by atoms with E-state index in [0.29, 0.717) is 10.8 Å². The van der Waals surface area contributed by atoms with Crippen LogP contribution in [0.1, 0.15) is 0 Å². The minimum absolute atomic E-state index is 0.0799. The number of rotatable bonds is 2. The van der Waals surface area contributed by atoms with Crippen molar-refractivity contribution >= 4 is 26.7 Å². The lowest BCUT2D eigenvalue weighted by atomic mass is 10.2. The standard InChI is InChI=1S/C10H9BrN2O3/c11-6-1-2-7-8(5-6)10(16)13(3-4-14)12-9(7)15/h1-2,5,14H,3-4H2,(H,12,15). The molecule has 1 aromatic heterocycles. The van der Waals surface area contributed by atoms with E-state index >= 15 is 0 Å². The Kier molecular flexibility index (Phi) is 2.93. The highest BCUT2D eigenvalue weighted by Crippen LogP contribution is 2.13. The highest BCUT2D eigenvalue weighted by atomic mass is 79.9. The summed E-state index contributed by atoms with van der Waals surface area (Å²) in [5.74, 6) is 0. The molecule has 0 aliphatic carbocycles. The fourth-order valence-corrected chi connectivity index (χ4v) is 1.89. The first-order chi connectivity index (χ1) is 7.63. The Morgan fingerprint density at radius 2 is 2.06 bits per heavy atom. The molecule has 1 heterocycles. The molecule has 0 amide bonds. The molecule has 84 valence electrons. The smallest absolute Gasteiger partial charge is 0.273 e. The minimum atomic E-state index is -0.337. The van der Waals surface area contributed by atoms with E-state index in [-0.39, 0.29) is 24.3 Å². The predicted octanol–water partition coefficient (Wildman–Crippen LogP) is 0.445. The summed E-state index contributed by atoms with van der Waals surface area (Å²) in [6.45, 7) is -0.119. The molecule has 0 fully saturated rings. The first-order valence-electron chi connectivity index (χ1n) is 4.66. The zero-order chi connectivity index (χ0) is 11.7. The van der Waals surface area contributed by atoms with E-state index in [4.69, 9.17) is 5.11 Å². The van der Waals surface area contributed by atoms with Crippen molar-refractivity contribution in [2.45, 2.75) is 6.54 Å². The van der Waals surface area contributed by atoms with E-state index in [1.54, 1.807) is 18.2 Å². The maximum absolute atomic E-state index is 11.9. The van der Waals surface area contributed by atoms with Gasteiger partial charge in [0, 0.05) is 4.47 Å². The molecule has 16 heavy (non-hydrogen) atoms. The molecule has 0 saturated carbocycles. The minimum Gasteiger partial charge on any atom is -0.394 e. The maximum atomic E-state index is 11.9. The molecule has 2 rings (SSSR count). The highest BCUT2D eigenvalue weighted by Gasteiger charge is 2.06. The molecule has 0 saturated heterocycles. The van der Waals surface area contributed by atoms with Crippen LogP contribution in [0.4, 0.5) is 0 Å². The van der Waals surface area contributed by atoms with E-state index in [1.807, 2.05) is 0 Å². The number of nitrogens with one attached hydrogen (secondary N) is 1. The molecular formula is C10H9BrN2O3. The molecule has 0 unspecified atom stereocenters. The van der Waals surface area contributed by atoms with Crippen LogP contribution in [-0.4, -0.2) is 21.5 Å². The number of aromatic nitrogens is 2. The van der Waals surface area contributed by atoms with Gasteiger partial charge < -0.3 is 5.11 Å². The van der Waals surface area contributed by atoms with Gasteiger partial charge in [-0.15, -0.1) is 0 Å². The average Bonchev–Trinajstić information content (AvgIpc) is 2.25. The summed E-state index contributed by atoms with van der Waals surface area (Å²) in [6.07, 6.45) is 0. The molecule has 0 bridgehead atoms. The van der Waals surface area contributed by atoms with Crippen molar-refractivity contribution in [1.82, 2.24) is 9.78 Å². The summed E-state index contributed by atoms with van der Waals surface area (Å²) in [5, 5.41) is 11.9. The van der Waals surface area contributed by atoms with Crippen molar-refractivity contribution in [1.29, 1.82) is 0 Å². The quantitative estimate of drug-likeness (QED) is 0.841. The number of halogens is 1. The van der Waals surface area contributed by atoms with Crippen LogP contribution in [0.2, 0.25) is 0 Å². The van der Waals surface area contributed by atoms with Gasteiger partial charge in [-0.1, -0.05) is 15.9 Å². The van der Waals surface area contributed by atoms with Gasteiger partial charge in [0.2, 0.25) is 0 Å². The summed E-state index contributed by atoms with van der Waals surface area (Å²) in [7, 11) is 0. The third-order valence-electron chi connectivity index (χ3n) is 2.26. The van der Waals surface area contributed by atoms with Gasteiger partial charge in [-0.3, -0.25) is 14.7 Å². The summed E-state index contributed by atoms with van der Waals surface area (Å²) < 4.78 is 1.84. The number of benzene rings is 1. The number of hydrogen-bond donors (Lipinski definition) is 2. The fourth-order valence-electron chi connectivity index (χ4n) is 1.53. The Morgan fingerprint density at radius 1 is 1.31 bits per heavy atom. The topological polar surface area (TPSA) is 75.1 Å². The second-order valence-electron chi connectivity index (χ2n) is 3.31. The lowest BCUT2D eigenvalue weighted by Gasteiger charge is -2.04. The summed E-state index contributed by atoms with van der Waals surface area (Å²) in [5.41, 5.74) is -0.652. The first kappa shape index (κ1) is 11.1. The maximum Gasteiger partial charge on any atom is 0.273 e. The molecule has 5 nitrogen and oxygen atoms in total. The molecule has 6 heteroatoms. The van der Waals surface area contributed by atoms with Gasteiger partial charge in [-0.25, -0.2) is 4.68 Å².